The Labute approximate surface area is 269 Å². The molecule has 1 aromatic heterocycles. The van der Waals surface area contributed by atoms with E-state index in [0.717, 1.165) is 65.8 Å². The van der Waals surface area contributed by atoms with Crippen molar-refractivity contribution in [1.29, 1.82) is 0 Å². The van der Waals surface area contributed by atoms with E-state index in [4.69, 9.17) is 21.6 Å². The molecule has 0 bridgehead atoms. The minimum Gasteiger partial charge on any atom is -0.403 e. The Bertz CT molecular complexity index is 1120. The summed E-state index contributed by atoms with van der Waals surface area (Å²) in [5, 5.41) is 17.4. The van der Waals surface area contributed by atoms with E-state index >= 15 is 0 Å². The van der Waals surface area contributed by atoms with E-state index in [2.05, 4.69) is 75.7 Å². The first kappa shape index (κ1) is 42.7. The van der Waals surface area contributed by atoms with Crippen LogP contribution in [-0.2, 0) is 0 Å². The van der Waals surface area contributed by atoms with Crippen LogP contribution in [0.4, 0.5) is 0 Å². The van der Waals surface area contributed by atoms with Crippen LogP contribution >= 0.6 is 0 Å². The van der Waals surface area contributed by atoms with Gasteiger partial charge in [0, 0.05) is 48.3 Å². The molecule has 44 heavy (non-hydrogen) atoms. The van der Waals surface area contributed by atoms with E-state index < -0.39 is 0 Å². The zero-order valence-corrected chi connectivity index (χ0v) is 29.3. The Morgan fingerprint density at radius 2 is 1.52 bits per heavy atom. The molecule has 1 aliphatic rings. The molecule has 4 rings (SSSR count). The first-order valence-corrected chi connectivity index (χ1v) is 16.2. The van der Waals surface area contributed by atoms with Crippen LogP contribution in [0.3, 0.4) is 0 Å². The number of nitrogens with two attached hydrogens (primary N) is 2. The van der Waals surface area contributed by atoms with Crippen molar-refractivity contribution in [2.45, 2.75) is 80.7 Å². The molecule has 7 heteroatoms. The first-order chi connectivity index (χ1) is 21.3. The molecule has 8 N–H and O–H groups in total. The smallest absolute Gasteiger partial charge is 0.0716 e. The molecule has 0 unspecified atom stereocenters. The van der Waals surface area contributed by atoms with Crippen LogP contribution in [0, 0.1) is 11.8 Å². The summed E-state index contributed by atoms with van der Waals surface area (Å²) in [4.78, 5) is 4.75. The van der Waals surface area contributed by atoms with Crippen molar-refractivity contribution in [1.82, 2.24) is 20.9 Å². The monoisotopic (exact) mass is 609 g/mol. The second-order valence-electron chi connectivity index (χ2n) is 10.2. The van der Waals surface area contributed by atoms with Crippen LogP contribution in [0.2, 0.25) is 0 Å². The number of hydrogen-bond acceptors (Lipinski definition) is 7. The lowest BCUT2D eigenvalue weighted by atomic mass is 9.74. The second kappa shape index (κ2) is 28.4. The third kappa shape index (κ3) is 17.7. The SMILES string of the molecule is CC.CCC.CCNC.CCNC1CC(C(C)C)C1.CO.N/C=C\N/C=C(\N)c1ccc2ccc(-c3ccccc3)nc2c1. The Morgan fingerprint density at radius 1 is 0.955 bits per heavy atom. The first-order valence-electron chi connectivity index (χ1n) is 16.2. The fraction of sp³-hybridized carbons (Fsp3) is 0.486. The van der Waals surface area contributed by atoms with Crippen LogP contribution in [0.25, 0.3) is 27.9 Å². The highest BCUT2D eigenvalue weighted by Crippen LogP contribution is 2.33. The summed E-state index contributed by atoms with van der Waals surface area (Å²) in [5.41, 5.74) is 15.8. The average molecular weight is 609 g/mol. The van der Waals surface area contributed by atoms with E-state index in [9.17, 15) is 0 Å². The average Bonchev–Trinajstić information content (AvgIpc) is 3.05. The van der Waals surface area contributed by atoms with Crippen LogP contribution in [0.15, 0.2) is 79.3 Å². The van der Waals surface area contributed by atoms with Crippen LogP contribution < -0.4 is 27.4 Å². The maximum atomic E-state index is 7.00. The van der Waals surface area contributed by atoms with E-state index in [1.807, 2.05) is 63.4 Å². The van der Waals surface area contributed by atoms with E-state index in [-0.39, 0.29) is 0 Å². The molecule has 0 spiro atoms. The molecular formula is C37H64N6O. The number of nitrogens with zero attached hydrogens (tertiary/aromatic N) is 1. The molecule has 7 nitrogen and oxygen atoms in total. The quantitative estimate of drug-likeness (QED) is 0.157. The number of benzene rings is 2. The lowest BCUT2D eigenvalue weighted by Crippen LogP contribution is -2.42. The van der Waals surface area contributed by atoms with Gasteiger partial charge in [0.25, 0.3) is 0 Å². The van der Waals surface area contributed by atoms with Gasteiger partial charge in [0.2, 0.25) is 0 Å². The summed E-state index contributed by atoms with van der Waals surface area (Å²) in [6.45, 7) is 19.4. The highest BCUT2D eigenvalue weighted by Gasteiger charge is 2.29. The predicted molar refractivity (Wildman–Crippen MR) is 196 cm³/mol. The summed E-state index contributed by atoms with van der Waals surface area (Å²) in [6, 6.07) is 21.1. The molecule has 248 valence electrons. The zero-order chi connectivity index (χ0) is 33.8. The maximum absolute atomic E-state index is 7.00. The van der Waals surface area contributed by atoms with Gasteiger partial charge in [-0.15, -0.1) is 0 Å². The van der Waals surface area contributed by atoms with Gasteiger partial charge in [-0.1, -0.05) is 110 Å². The molecule has 1 fully saturated rings. The van der Waals surface area contributed by atoms with Crippen molar-refractivity contribution in [2.75, 3.05) is 27.2 Å². The third-order valence-corrected chi connectivity index (χ3v) is 6.49. The third-order valence-electron chi connectivity index (χ3n) is 6.49. The molecule has 1 saturated carbocycles. The van der Waals surface area contributed by atoms with Crippen molar-refractivity contribution in [2.24, 2.45) is 23.3 Å². The fourth-order valence-corrected chi connectivity index (χ4v) is 4.00. The van der Waals surface area contributed by atoms with Crippen molar-refractivity contribution in [3.05, 3.63) is 84.8 Å². The van der Waals surface area contributed by atoms with Crippen LogP contribution in [0.5, 0.6) is 0 Å². The molecule has 1 heterocycles. The van der Waals surface area contributed by atoms with E-state index in [0.29, 0.717) is 5.70 Å². The maximum Gasteiger partial charge on any atom is 0.0716 e. The molecule has 1 aliphatic carbocycles. The van der Waals surface area contributed by atoms with Crippen molar-refractivity contribution in [3.63, 3.8) is 0 Å². The van der Waals surface area contributed by atoms with Gasteiger partial charge < -0.3 is 32.5 Å². The van der Waals surface area contributed by atoms with Crippen LogP contribution in [-0.4, -0.2) is 43.4 Å². The summed E-state index contributed by atoms with van der Waals surface area (Å²) in [7, 11) is 2.93. The van der Waals surface area contributed by atoms with Gasteiger partial charge in [0.05, 0.1) is 16.9 Å². The summed E-state index contributed by atoms with van der Waals surface area (Å²) in [6.07, 6.45) is 8.79. The molecule has 0 atom stereocenters. The fourth-order valence-electron chi connectivity index (χ4n) is 4.00. The van der Waals surface area contributed by atoms with Crippen molar-refractivity contribution < 1.29 is 5.11 Å². The van der Waals surface area contributed by atoms with Gasteiger partial charge in [-0.2, -0.15) is 0 Å². The highest BCUT2D eigenvalue weighted by atomic mass is 16.2. The number of rotatable bonds is 8. The van der Waals surface area contributed by atoms with Crippen molar-refractivity contribution >= 4 is 16.6 Å². The highest BCUT2D eigenvalue weighted by molar-refractivity contribution is 5.85. The van der Waals surface area contributed by atoms with Gasteiger partial charge in [-0.05, 0) is 56.9 Å². The predicted octanol–water partition coefficient (Wildman–Crippen LogP) is 7.49. The molecule has 0 amide bonds. The Kier molecular flexibility index (Phi) is 27.6. The Hall–Kier alpha value is -3.39. The lowest BCUT2D eigenvalue weighted by Gasteiger charge is -2.38. The van der Waals surface area contributed by atoms with Crippen LogP contribution in [0.1, 0.15) is 80.2 Å². The standard InChI is InChI=1S/C19H18N4.C9H19N.C3H9N.C3H8.C2H6.CH4O/c20-10-11-22-13-17(21)16-7-6-15-8-9-18(23-19(15)12-16)14-4-2-1-3-5-14;1-4-10-9-5-8(6-9)7(2)3;1-3-4-2;1-3-2;2*1-2/h1-13,22H,20-21H2;7-10H,4-6H2,1-3H3;4H,3H2,1-2H3;3H2,1-2H3;1-2H3;2H,1H3/b11-10-,17-13-;;;;;. The van der Waals surface area contributed by atoms with Gasteiger partial charge in [0.1, 0.15) is 0 Å². The summed E-state index contributed by atoms with van der Waals surface area (Å²) < 4.78 is 0. The minimum absolute atomic E-state index is 0.622. The molecule has 0 aliphatic heterocycles. The van der Waals surface area contributed by atoms with Crippen molar-refractivity contribution in [3.8, 4) is 11.3 Å². The molecule has 3 aromatic rings. The number of fused-ring (bicyclic) bond motifs is 1. The van der Waals surface area contributed by atoms with E-state index in [1.165, 1.54) is 25.5 Å². The Balaban J connectivity index is 0. The number of nitrogens with one attached hydrogen (secondary N) is 3. The van der Waals surface area contributed by atoms with Gasteiger partial charge in [-0.3, -0.25) is 0 Å². The number of aliphatic hydroxyl groups is 1. The largest absolute Gasteiger partial charge is 0.403 e. The zero-order valence-electron chi connectivity index (χ0n) is 29.3. The number of hydrogen-bond donors (Lipinski definition) is 6. The van der Waals surface area contributed by atoms with Gasteiger partial charge in [0.15, 0.2) is 0 Å². The molecular weight excluding hydrogens is 544 g/mol. The molecule has 0 saturated heterocycles. The van der Waals surface area contributed by atoms with Gasteiger partial charge in [-0.25, -0.2) is 4.98 Å². The lowest BCUT2D eigenvalue weighted by molar-refractivity contribution is 0.171. The van der Waals surface area contributed by atoms with E-state index in [1.54, 1.807) is 12.4 Å². The number of aromatic nitrogens is 1. The molecule has 0 radical (unpaired) electrons. The normalized spacial score (nSPS) is 15.0. The Morgan fingerprint density at radius 3 is 2.02 bits per heavy atom. The molecule has 2 aromatic carbocycles. The topological polar surface area (TPSA) is 121 Å². The number of aliphatic hydroxyl groups excluding tert-OH is 1. The minimum atomic E-state index is 0.622. The second-order valence-corrected chi connectivity index (χ2v) is 10.2. The number of pyridine rings is 1. The van der Waals surface area contributed by atoms with Gasteiger partial charge >= 0.3 is 0 Å². The summed E-state index contributed by atoms with van der Waals surface area (Å²) >= 11 is 0. The summed E-state index contributed by atoms with van der Waals surface area (Å²) in [5.74, 6) is 1.90.